The van der Waals surface area contributed by atoms with Crippen LogP contribution < -0.4 is 15.4 Å². The Hall–Kier alpha value is -3.05. The number of hydrogen-bond donors (Lipinski definition) is 3. The van der Waals surface area contributed by atoms with E-state index in [2.05, 4.69) is 15.4 Å². The minimum Gasteiger partial charge on any atom is -0.588 e. The fourth-order valence-corrected chi connectivity index (χ4v) is 6.29. The zero-order valence-electron chi connectivity index (χ0n) is 24.4. The van der Waals surface area contributed by atoms with Crippen LogP contribution in [-0.4, -0.2) is 63.0 Å². The maximum absolute atomic E-state index is 13.7. The number of hydrogen-bond acceptors (Lipinski definition) is 6. The lowest BCUT2D eigenvalue weighted by Crippen LogP contribution is -2.58. The molecule has 11 heteroatoms. The smallest absolute Gasteiger partial charge is 0.408 e. The van der Waals surface area contributed by atoms with Gasteiger partial charge in [-0.25, -0.2) is 4.79 Å². The average Bonchev–Trinajstić information content (AvgIpc) is 3.35. The summed E-state index contributed by atoms with van der Waals surface area (Å²) >= 11 is -1.79. The van der Waals surface area contributed by atoms with Gasteiger partial charge in [-0.15, -0.1) is 0 Å². The second-order valence-corrected chi connectivity index (χ2v) is 13.5. The molecule has 41 heavy (non-hydrogen) atoms. The average molecular weight is 587 g/mol. The highest BCUT2D eigenvalue weighted by Crippen LogP contribution is 2.45. The van der Waals surface area contributed by atoms with Crippen molar-refractivity contribution in [2.45, 2.75) is 107 Å². The molecule has 2 aliphatic heterocycles. The third-order valence-electron chi connectivity index (χ3n) is 7.75. The quantitative estimate of drug-likeness (QED) is 0.365. The molecule has 2 heterocycles. The first-order chi connectivity index (χ1) is 19.4. The first-order valence-corrected chi connectivity index (χ1v) is 15.6. The van der Waals surface area contributed by atoms with Crippen LogP contribution >= 0.6 is 0 Å². The molecule has 1 saturated carbocycles. The van der Waals surface area contributed by atoms with Crippen molar-refractivity contribution >= 4 is 35.2 Å². The molecule has 1 aromatic carbocycles. The Bertz CT molecular complexity index is 1170. The highest BCUT2D eigenvalue weighted by Gasteiger charge is 2.61. The van der Waals surface area contributed by atoms with Gasteiger partial charge in [-0.2, -0.15) is 4.72 Å². The Morgan fingerprint density at radius 3 is 2.54 bits per heavy atom. The molecule has 1 aromatic rings. The molecular weight excluding hydrogens is 544 g/mol. The monoisotopic (exact) mass is 586 g/mol. The number of carbonyl (C=O) groups excluding carboxylic acids is 4. The van der Waals surface area contributed by atoms with Crippen molar-refractivity contribution in [3.05, 3.63) is 42.0 Å². The van der Waals surface area contributed by atoms with Crippen molar-refractivity contribution in [3.63, 3.8) is 0 Å². The van der Waals surface area contributed by atoms with Gasteiger partial charge in [-0.05, 0) is 78.4 Å². The molecule has 1 unspecified atom stereocenters. The van der Waals surface area contributed by atoms with Crippen LogP contribution in [0.4, 0.5) is 4.79 Å². The van der Waals surface area contributed by atoms with E-state index in [0.29, 0.717) is 37.1 Å². The third kappa shape index (κ3) is 7.82. The van der Waals surface area contributed by atoms with E-state index in [1.54, 1.807) is 32.9 Å². The Balaban J connectivity index is 1.52. The topological polar surface area (TPSA) is 140 Å². The van der Waals surface area contributed by atoms with Crippen molar-refractivity contribution in [2.24, 2.45) is 5.92 Å². The molecule has 0 radical (unpaired) electrons. The lowest BCUT2D eigenvalue weighted by Gasteiger charge is -2.30. The number of allylic oxidation sites excluding steroid dienone is 1. The van der Waals surface area contributed by atoms with E-state index in [1.165, 1.54) is 4.90 Å². The molecule has 4 amide bonds. The number of carbonyl (C=O) groups is 4. The summed E-state index contributed by atoms with van der Waals surface area (Å²) < 4.78 is 20.9. The summed E-state index contributed by atoms with van der Waals surface area (Å²) in [4.78, 5) is 55.4. The Labute approximate surface area is 245 Å². The first-order valence-electron chi connectivity index (χ1n) is 14.5. The van der Waals surface area contributed by atoms with Crippen LogP contribution in [0.25, 0.3) is 0 Å². The number of fused-ring (bicyclic) bond motifs is 2. The molecule has 224 valence electrons. The molecule has 3 aliphatic rings. The summed E-state index contributed by atoms with van der Waals surface area (Å²) in [6, 6.07) is 5.46. The molecule has 4 rings (SSSR count). The number of ether oxygens (including phenoxy) is 1. The Morgan fingerprint density at radius 1 is 1.10 bits per heavy atom. The minimum absolute atomic E-state index is 0.237. The number of rotatable bonds is 4. The second-order valence-electron chi connectivity index (χ2n) is 12.2. The van der Waals surface area contributed by atoms with Gasteiger partial charge in [0.05, 0.1) is 0 Å². The Kier molecular flexibility index (Phi) is 9.69. The van der Waals surface area contributed by atoms with E-state index in [1.807, 2.05) is 31.2 Å². The third-order valence-corrected chi connectivity index (χ3v) is 8.82. The van der Waals surface area contributed by atoms with Crippen LogP contribution in [0.1, 0.15) is 77.7 Å². The predicted octanol–water partition coefficient (Wildman–Crippen LogP) is 3.41. The van der Waals surface area contributed by atoms with E-state index in [-0.39, 0.29) is 11.8 Å². The molecule has 1 saturated heterocycles. The number of nitrogens with one attached hydrogen (secondary N) is 3. The van der Waals surface area contributed by atoms with Crippen LogP contribution in [0, 0.1) is 12.8 Å². The summed E-state index contributed by atoms with van der Waals surface area (Å²) in [6.07, 6.45) is 8.45. The first kappa shape index (κ1) is 30.9. The van der Waals surface area contributed by atoms with Crippen molar-refractivity contribution in [3.8, 4) is 0 Å². The molecule has 1 aliphatic carbocycles. The number of aryl methyl sites for hydroxylation is 1. The van der Waals surface area contributed by atoms with Gasteiger partial charge in [0.25, 0.3) is 5.91 Å². The lowest BCUT2D eigenvalue weighted by molar-refractivity contribution is -0.141. The van der Waals surface area contributed by atoms with Crippen LogP contribution in [0.15, 0.2) is 41.3 Å². The molecule has 0 aromatic heterocycles. The molecule has 0 bridgehead atoms. The van der Waals surface area contributed by atoms with Gasteiger partial charge in [0.15, 0.2) is 4.90 Å². The largest absolute Gasteiger partial charge is 0.588 e. The summed E-state index contributed by atoms with van der Waals surface area (Å²) in [5.74, 6) is -1.50. The Morgan fingerprint density at radius 2 is 1.83 bits per heavy atom. The van der Waals surface area contributed by atoms with Crippen molar-refractivity contribution < 1.29 is 28.5 Å². The summed E-state index contributed by atoms with van der Waals surface area (Å²) in [5, 5.41) is 5.67. The zero-order valence-corrected chi connectivity index (χ0v) is 25.2. The van der Waals surface area contributed by atoms with Crippen molar-refractivity contribution in [1.82, 2.24) is 20.3 Å². The molecule has 10 nitrogen and oxygen atoms in total. The van der Waals surface area contributed by atoms with Crippen LogP contribution in [0.3, 0.4) is 0 Å². The van der Waals surface area contributed by atoms with E-state index < -0.39 is 52.5 Å². The molecule has 3 N–H and O–H groups in total. The van der Waals surface area contributed by atoms with Gasteiger partial charge >= 0.3 is 6.09 Å². The van der Waals surface area contributed by atoms with Gasteiger partial charge < -0.3 is 24.8 Å². The lowest BCUT2D eigenvalue weighted by atomic mass is 10.0. The summed E-state index contributed by atoms with van der Waals surface area (Å²) in [5.41, 5.74) is -0.940. The number of alkyl carbamates (subject to hydrolysis) is 1. The fourth-order valence-electron chi connectivity index (χ4n) is 5.44. The van der Waals surface area contributed by atoms with E-state index in [4.69, 9.17) is 4.74 Å². The van der Waals surface area contributed by atoms with Gasteiger partial charge in [0, 0.05) is 12.5 Å². The van der Waals surface area contributed by atoms with E-state index in [9.17, 15) is 23.7 Å². The standard InChI is InChI=1S/C30H42N4O6S/c1-20-14-16-22(17-15-20)41(39)33-27(37)30-19-21(30)11-8-6-5-7-9-12-23(31-28(38)40-29(2,3)4)26(36)34-18-10-13-24(34)25(35)32-30/h8,11,14-17,21,23-24H,5-7,9-10,12-13,18-19H2,1-4H3,(H,31,38)(H,32,35)(H,33,37)/b11-8-/t21-,23+,24+,30-,41?/m1/s1. The second kappa shape index (κ2) is 12.9. The fraction of sp³-hybridized carbons (Fsp3) is 0.600. The SMILES string of the molecule is Cc1ccc([S+]([O-])NC(=O)[C@@]23C[C@H]2/C=C\CCCCC[C@H](NC(=O)OC(C)(C)C)C(=O)N2CCC[C@H]2C(=O)N3)cc1. The summed E-state index contributed by atoms with van der Waals surface area (Å²) in [6.45, 7) is 7.57. The maximum atomic E-state index is 13.7. The van der Waals surface area contributed by atoms with E-state index in [0.717, 1.165) is 31.2 Å². The van der Waals surface area contributed by atoms with Crippen molar-refractivity contribution in [2.75, 3.05) is 6.54 Å². The van der Waals surface area contributed by atoms with Crippen LogP contribution in [-0.2, 0) is 30.5 Å². The molecule has 0 spiro atoms. The van der Waals surface area contributed by atoms with E-state index >= 15 is 0 Å². The minimum atomic E-state index is -1.79. The summed E-state index contributed by atoms with van der Waals surface area (Å²) in [7, 11) is 0. The maximum Gasteiger partial charge on any atom is 0.408 e. The molecular formula is C30H42N4O6S. The van der Waals surface area contributed by atoms with Crippen LogP contribution in [0.5, 0.6) is 0 Å². The predicted molar refractivity (Wildman–Crippen MR) is 155 cm³/mol. The number of amides is 4. The highest BCUT2D eigenvalue weighted by atomic mass is 32.2. The highest BCUT2D eigenvalue weighted by molar-refractivity contribution is 7.90. The van der Waals surface area contributed by atoms with Gasteiger partial charge in [0.2, 0.25) is 11.8 Å². The number of benzene rings is 1. The molecule has 2 fully saturated rings. The molecule has 5 atom stereocenters. The normalized spacial score (nSPS) is 28.6. The zero-order chi connectivity index (χ0) is 29.8. The van der Waals surface area contributed by atoms with Crippen LogP contribution in [0.2, 0.25) is 0 Å². The van der Waals surface area contributed by atoms with Gasteiger partial charge in [-0.1, -0.05) is 42.7 Å². The number of nitrogens with zero attached hydrogens (tertiary/aromatic N) is 1. The van der Waals surface area contributed by atoms with Gasteiger partial charge in [-0.3, -0.25) is 14.4 Å². The van der Waals surface area contributed by atoms with Crippen molar-refractivity contribution in [1.29, 1.82) is 0 Å². The van der Waals surface area contributed by atoms with Gasteiger partial charge in [0.1, 0.15) is 34.6 Å².